The molecule has 4 fully saturated rings. The van der Waals surface area contributed by atoms with E-state index < -0.39 is 0 Å². The molecule has 0 spiro atoms. The molecule has 80 valence electrons. The van der Waals surface area contributed by atoms with Crippen LogP contribution in [0.25, 0.3) is 0 Å². The van der Waals surface area contributed by atoms with E-state index in [-0.39, 0.29) is 0 Å². The van der Waals surface area contributed by atoms with Crippen molar-refractivity contribution >= 4 is 31.9 Å². The predicted octanol–water partition coefficient (Wildman–Crippen LogP) is 4.71. The fourth-order valence-electron chi connectivity index (χ4n) is 4.87. The first-order chi connectivity index (χ1) is 6.65. The lowest BCUT2D eigenvalue weighted by Gasteiger charge is -2.57. The second-order valence-corrected chi connectivity index (χ2v) is 9.45. The molecule has 0 nitrogen and oxygen atoms in total. The maximum atomic E-state index is 3.68. The molecule has 4 saturated carbocycles. The van der Waals surface area contributed by atoms with Crippen LogP contribution < -0.4 is 0 Å². The van der Waals surface area contributed by atoms with Gasteiger partial charge in [-0.2, -0.15) is 0 Å². The first kappa shape index (κ1) is 10.1. The molecule has 14 heavy (non-hydrogen) atoms. The molecule has 4 rings (SSSR count). The highest BCUT2D eigenvalue weighted by Gasteiger charge is 2.50. The van der Waals surface area contributed by atoms with Crippen LogP contribution in [0.5, 0.6) is 0 Å². The zero-order chi connectivity index (χ0) is 9.76. The summed E-state index contributed by atoms with van der Waals surface area (Å²) in [5.74, 6) is 3.29. The van der Waals surface area contributed by atoms with Crippen molar-refractivity contribution in [2.45, 2.75) is 48.7 Å². The summed E-state index contributed by atoms with van der Waals surface area (Å²) in [6.07, 6.45) is 10.7. The van der Waals surface area contributed by atoms with Gasteiger partial charge >= 0.3 is 0 Å². The van der Waals surface area contributed by atoms with Gasteiger partial charge in [0.25, 0.3) is 0 Å². The molecule has 4 bridgehead atoms. The van der Waals surface area contributed by atoms with E-state index in [9.17, 15) is 0 Å². The van der Waals surface area contributed by atoms with Gasteiger partial charge < -0.3 is 0 Å². The van der Waals surface area contributed by atoms with Crippen LogP contribution >= 0.6 is 31.9 Å². The highest BCUT2D eigenvalue weighted by atomic mass is 79.9. The third kappa shape index (κ3) is 1.71. The maximum Gasteiger partial charge on any atom is 0.0703 e. The summed E-state index contributed by atoms with van der Waals surface area (Å²) in [4.78, 5) is 0. The first-order valence-electron chi connectivity index (χ1n) is 5.93. The number of hydrogen-bond donors (Lipinski definition) is 0. The second kappa shape index (κ2) is 3.48. The molecule has 0 aromatic rings. The molecule has 0 aliphatic heterocycles. The largest absolute Gasteiger partial charge is 0.0765 e. The summed E-state index contributed by atoms with van der Waals surface area (Å²) in [5.41, 5.74) is 0.729. The van der Waals surface area contributed by atoms with Crippen molar-refractivity contribution < 1.29 is 0 Å². The molecule has 0 aromatic heterocycles. The average molecular weight is 322 g/mol. The topological polar surface area (TPSA) is 0 Å². The Morgan fingerprint density at radius 2 is 1.36 bits per heavy atom. The van der Waals surface area contributed by atoms with Crippen molar-refractivity contribution in [1.29, 1.82) is 0 Å². The average Bonchev–Trinajstić information content (AvgIpc) is 1.96. The van der Waals surface area contributed by atoms with E-state index in [1.807, 2.05) is 0 Å². The smallest absolute Gasteiger partial charge is 0.0703 e. The summed E-state index contributed by atoms with van der Waals surface area (Å²) in [6, 6.07) is 0. The Bertz CT molecular complexity index is 193. The molecule has 0 unspecified atom stereocenters. The Morgan fingerprint density at radius 1 is 0.929 bits per heavy atom. The van der Waals surface area contributed by atoms with Gasteiger partial charge in [0.05, 0.1) is 3.74 Å². The van der Waals surface area contributed by atoms with Crippen LogP contribution in [0.15, 0.2) is 0 Å². The fourth-order valence-corrected chi connectivity index (χ4v) is 6.24. The summed E-state index contributed by atoms with van der Waals surface area (Å²) in [7, 11) is 0. The van der Waals surface area contributed by atoms with Gasteiger partial charge in [-0.05, 0) is 68.1 Å². The van der Waals surface area contributed by atoms with E-state index in [0.717, 1.165) is 23.2 Å². The first-order valence-corrected chi connectivity index (χ1v) is 7.76. The molecule has 0 amide bonds. The zero-order valence-corrected chi connectivity index (χ0v) is 11.7. The Kier molecular flexibility index (Phi) is 2.52. The van der Waals surface area contributed by atoms with Gasteiger partial charge in [0.1, 0.15) is 0 Å². The van der Waals surface area contributed by atoms with Crippen molar-refractivity contribution in [1.82, 2.24) is 0 Å². The lowest BCUT2D eigenvalue weighted by molar-refractivity contribution is -0.0544. The molecule has 4 aliphatic rings. The monoisotopic (exact) mass is 320 g/mol. The van der Waals surface area contributed by atoms with Gasteiger partial charge in [-0.3, -0.25) is 0 Å². The lowest BCUT2D eigenvalue weighted by Crippen LogP contribution is -2.46. The van der Waals surface area contributed by atoms with E-state index in [2.05, 4.69) is 31.9 Å². The summed E-state index contributed by atoms with van der Waals surface area (Å²) < 4.78 is 0.547. The van der Waals surface area contributed by atoms with E-state index in [1.54, 1.807) is 19.3 Å². The molecule has 2 heteroatoms. The van der Waals surface area contributed by atoms with E-state index in [4.69, 9.17) is 0 Å². The van der Waals surface area contributed by atoms with Crippen LogP contribution in [0, 0.1) is 23.2 Å². The number of hydrogen-bond acceptors (Lipinski definition) is 0. The normalized spacial score (nSPS) is 50.4. The SMILES string of the molecule is BrC(Br)CC12CC3CC(CC(C3)C1)C2. The molecule has 0 radical (unpaired) electrons. The maximum absolute atomic E-state index is 3.68. The van der Waals surface area contributed by atoms with Crippen molar-refractivity contribution in [3.63, 3.8) is 0 Å². The van der Waals surface area contributed by atoms with Gasteiger partial charge in [0.15, 0.2) is 0 Å². The standard InChI is InChI=1S/C12H18Br2/c13-11(14)7-12-4-8-1-9(5-12)3-10(2-8)6-12/h8-11H,1-7H2. The third-order valence-electron chi connectivity index (χ3n) is 4.75. The molecule has 0 atom stereocenters. The zero-order valence-electron chi connectivity index (χ0n) is 8.52. The van der Waals surface area contributed by atoms with Gasteiger partial charge in [-0.1, -0.05) is 31.9 Å². The minimum Gasteiger partial charge on any atom is -0.0765 e. The van der Waals surface area contributed by atoms with Crippen molar-refractivity contribution in [3.8, 4) is 0 Å². The summed E-state index contributed by atoms with van der Waals surface area (Å²) in [6.45, 7) is 0. The van der Waals surface area contributed by atoms with E-state index in [1.165, 1.54) is 25.7 Å². The van der Waals surface area contributed by atoms with Crippen LogP contribution in [0.1, 0.15) is 44.9 Å². The molecule has 0 saturated heterocycles. The number of halogens is 2. The number of alkyl halides is 2. The Hall–Kier alpha value is 0.960. The number of rotatable bonds is 2. The van der Waals surface area contributed by atoms with Crippen LogP contribution in [0.2, 0.25) is 0 Å². The van der Waals surface area contributed by atoms with Crippen molar-refractivity contribution in [2.24, 2.45) is 23.2 Å². The quantitative estimate of drug-likeness (QED) is 0.646. The van der Waals surface area contributed by atoms with Crippen LogP contribution in [0.3, 0.4) is 0 Å². The third-order valence-corrected chi connectivity index (χ3v) is 5.40. The molecular weight excluding hydrogens is 304 g/mol. The van der Waals surface area contributed by atoms with Gasteiger partial charge in [-0.25, -0.2) is 0 Å². The Labute approximate surface area is 103 Å². The minimum atomic E-state index is 0.547. The molecule has 0 heterocycles. The molecule has 0 N–H and O–H groups in total. The molecule has 4 aliphatic carbocycles. The van der Waals surface area contributed by atoms with Gasteiger partial charge in [-0.15, -0.1) is 0 Å². The highest BCUT2D eigenvalue weighted by molar-refractivity contribution is 9.24. The Morgan fingerprint density at radius 3 is 1.71 bits per heavy atom. The van der Waals surface area contributed by atoms with Gasteiger partial charge in [0.2, 0.25) is 0 Å². The van der Waals surface area contributed by atoms with E-state index >= 15 is 0 Å². The highest BCUT2D eigenvalue weighted by Crippen LogP contribution is 2.62. The van der Waals surface area contributed by atoms with E-state index in [0.29, 0.717) is 3.74 Å². The predicted molar refractivity (Wildman–Crippen MR) is 66.9 cm³/mol. The van der Waals surface area contributed by atoms with Crippen LogP contribution in [0.4, 0.5) is 0 Å². The fraction of sp³-hybridized carbons (Fsp3) is 1.00. The van der Waals surface area contributed by atoms with Crippen molar-refractivity contribution in [2.75, 3.05) is 0 Å². The van der Waals surface area contributed by atoms with Crippen LogP contribution in [-0.4, -0.2) is 3.74 Å². The molecular formula is C12H18Br2. The lowest BCUT2D eigenvalue weighted by atomic mass is 9.49. The Balaban J connectivity index is 1.80. The minimum absolute atomic E-state index is 0.547. The van der Waals surface area contributed by atoms with Gasteiger partial charge in [0, 0.05) is 0 Å². The second-order valence-electron chi connectivity index (χ2n) is 6.01. The summed E-state index contributed by atoms with van der Waals surface area (Å²) >= 11 is 7.36. The molecule has 0 aromatic carbocycles. The van der Waals surface area contributed by atoms with Crippen LogP contribution in [-0.2, 0) is 0 Å². The van der Waals surface area contributed by atoms with Crippen molar-refractivity contribution in [3.05, 3.63) is 0 Å². The summed E-state index contributed by atoms with van der Waals surface area (Å²) in [5, 5.41) is 0.